The second kappa shape index (κ2) is 12.9. The summed E-state index contributed by atoms with van der Waals surface area (Å²) in [6.45, 7) is 0. The molecule has 11 aromatic carbocycles. The van der Waals surface area contributed by atoms with E-state index in [4.69, 9.17) is 9.97 Å². The number of rotatable bonds is 5. The van der Waals surface area contributed by atoms with Crippen LogP contribution in [0.5, 0.6) is 0 Å². The van der Waals surface area contributed by atoms with Gasteiger partial charge in [-0.2, -0.15) is 0 Å². The second-order valence-electron chi connectivity index (χ2n) is 15.3. The fourth-order valence-electron chi connectivity index (χ4n) is 9.32. The van der Waals surface area contributed by atoms with E-state index in [2.05, 4.69) is 200 Å². The molecular formula is C56H34N2. The Labute approximate surface area is 335 Å². The number of nitrogens with zero attached hydrogens (tertiary/aromatic N) is 2. The Morgan fingerprint density at radius 2 is 0.707 bits per heavy atom. The summed E-state index contributed by atoms with van der Waals surface area (Å²) in [6, 6.07) is 74.7. The van der Waals surface area contributed by atoms with Crippen molar-refractivity contribution in [1.82, 2.24) is 9.97 Å². The third-order valence-electron chi connectivity index (χ3n) is 12.0. The lowest BCUT2D eigenvalue weighted by atomic mass is 9.87. The predicted octanol–water partition coefficient (Wildman–Crippen LogP) is 15.2. The number of hydrogen-bond donors (Lipinski definition) is 0. The minimum absolute atomic E-state index is 0.700. The number of benzene rings is 10. The van der Waals surface area contributed by atoms with E-state index in [0.29, 0.717) is 5.82 Å². The quantitative estimate of drug-likeness (QED) is 0.165. The highest BCUT2D eigenvalue weighted by molar-refractivity contribution is 6.37. The van der Waals surface area contributed by atoms with Gasteiger partial charge in [0.15, 0.2) is 5.82 Å². The molecule has 0 radical (unpaired) electrons. The Morgan fingerprint density at radius 3 is 1.28 bits per heavy atom. The van der Waals surface area contributed by atoms with Gasteiger partial charge < -0.3 is 0 Å². The first-order chi connectivity index (χ1) is 28.7. The molecule has 0 aliphatic carbocycles. The Bertz CT molecular complexity index is 3530. The van der Waals surface area contributed by atoms with Gasteiger partial charge in [-0.15, -0.1) is 0 Å². The van der Waals surface area contributed by atoms with Gasteiger partial charge in [0.2, 0.25) is 0 Å². The van der Waals surface area contributed by atoms with Gasteiger partial charge in [-0.25, -0.2) is 9.97 Å². The summed E-state index contributed by atoms with van der Waals surface area (Å²) in [5.74, 6) is 0.700. The largest absolute Gasteiger partial charge is 0.228 e. The summed E-state index contributed by atoms with van der Waals surface area (Å²) in [5, 5.41) is 15.1. The fraction of sp³-hybridized carbons (Fsp3) is 0. The van der Waals surface area contributed by atoms with Crippen LogP contribution in [0.2, 0.25) is 0 Å². The molecule has 0 saturated carbocycles. The molecule has 0 bridgehead atoms. The van der Waals surface area contributed by atoms with Gasteiger partial charge in [0.1, 0.15) is 0 Å². The van der Waals surface area contributed by atoms with Gasteiger partial charge in [-0.1, -0.05) is 182 Å². The summed E-state index contributed by atoms with van der Waals surface area (Å²) in [4.78, 5) is 10.7. The molecule has 0 fully saturated rings. The Morgan fingerprint density at radius 1 is 0.241 bits per heavy atom. The van der Waals surface area contributed by atoms with Gasteiger partial charge in [-0.05, 0) is 111 Å². The van der Waals surface area contributed by atoms with E-state index >= 15 is 0 Å². The van der Waals surface area contributed by atoms with Crippen LogP contribution in [0, 0.1) is 0 Å². The molecular weight excluding hydrogens is 701 g/mol. The first-order valence-electron chi connectivity index (χ1n) is 19.9. The normalized spacial score (nSPS) is 11.8. The van der Waals surface area contributed by atoms with Crippen molar-refractivity contribution >= 4 is 64.6 Å². The van der Waals surface area contributed by atoms with E-state index in [1.54, 1.807) is 0 Å². The molecule has 0 amide bonds. The van der Waals surface area contributed by atoms with E-state index in [1.807, 2.05) is 6.07 Å². The molecule has 58 heavy (non-hydrogen) atoms. The molecule has 12 aromatic rings. The zero-order valence-electron chi connectivity index (χ0n) is 31.5. The van der Waals surface area contributed by atoms with Crippen LogP contribution in [-0.2, 0) is 0 Å². The highest BCUT2D eigenvalue weighted by Gasteiger charge is 2.19. The third kappa shape index (κ3) is 5.12. The molecule has 1 aromatic heterocycles. The lowest BCUT2D eigenvalue weighted by Crippen LogP contribution is -1.97. The average molecular weight is 735 g/mol. The first kappa shape index (κ1) is 32.6. The van der Waals surface area contributed by atoms with Crippen LogP contribution in [-0.4, -0.2) is 9.97 Å². The molecule has 12 rings (SSSR count). The Hall–Kier alpha value is -7.68. The van der Waals surface area contributed by atoms with Crippen LogP contribution in [0.4, 0.5) is 0 Å². The highest BCUT2D eigenvalue weighted by Crippen LogP contribution is 2.45. The standard InChI is InChI=1S/C56H34N2/c1-4-13-35(14-5-1)44-30-29-41(32-48(44)36-15-6-2-7-16-36)50-34-51(58-56(57-50)40-17-8-3-9-18-40)43-31-42-28-27-39-20-11-23-46-45-22-10-19-37-25-26-38-21-12-24-47(54(38)52(37)45)49(33-43)55(42)53(39)46/h1-34H. The van der Waals surface area contributed by atoms with Gasteiger partial charge in [0.05, 0.1) is 11.4 Å². The van der Waals surface area contributed by atoms with Crippen molar-refractivity contribution in [2.24, 2.45) is 0 Å². The van der Waals surface area contributed by atoms with E-state index < -0.39 is 0 Å². The summed E-state index contributed by atoms with van der Waals surface area (Å²) >= 11 is 0. The SMILES string of the molecule is c1ccc(-c2nc(-c3ccc(-c4ccccc4)c(-c4ccccc4)c3)cc(-c3cc4ccc5cccc6c7cccc8ccc9cccc(c(c3)c4c56)c9c87)n2)cc1. The monoisotopic (exact) mass is 734 g/mol. The Kier molecular flexibility index (Phi) is 7.26. The van der Waals surface area contributed by atoms with Crippen LogP contribution in [0.1, 0.15) is 0 Å². The minimum Gasteiger partial charge on any atom is -0.228 e. The molecule has 0 aliphatic rings. The third-order valence-corrected chi connectivity index (χ3v) is 12.0. The molecule has 0 aliphatic heterocycles. The topological polar surface area (TPSA) is 25.8 Å². The number of aromatic nitrogens is 2. The van der Waals surface area contributed by atoms with Gasteiger partial charge >= 0.3 is 0 Å². The minimum atomic E-state index is 0.700. The molecule has 0 N–H and O–H groups in total. The van der Waals surface area contributed by atoms with Crippen molar-refractivity contribution < 1.29 is 0 Å². The molecule has 0 saturated heterocycles. The van der Waals surface area contributed by atoms with E-state index in [0.717, 1.165) is 28.1 Å². The van der Waals surface area contributed by atoms with Crippen LogP contribution in [0.3, 0.4) is 0 Å². The van der Waals surface area contributed by atoms with E-state index in [9.17, 15) is 0 Å². The molecule has 2 nitrogen and oxygen atoms in total. The van der Waals surface area contributed by atoms with Crippen LogP contribution in [0.25, 0.3) is 121 Å². The summed E-state index contributed by atoms with van der Waals surface area (Å²) in [5.41, 5.74) is 9.54. The number of hydrogen-bond acceptors (Lipinski definition) is 2. The van der Waals surface area contributed by atoms with Crippen LogP contribution in [0.15, 0.2) is 206 Å². The highest BCUT2D eigenvalue weighted by atomic mass is 14.9. The molecule has 0 unspecified atom stereocenters. The smallest absolute Gasteiger partial charge is 0.160 e. The zero-order chi connectivity index (χ0) is 38.2. The second-order valence-corrected chi connectivity index (χ2v) is 15.3. The molecule has 1 heterocycles. The van der Waals surface area contributed by atoms with Gasteiger partial charge in [-0.3, -0.25) is 0 Å². The Balaban J connectivity index is 1.17. The van der Waals surface area contributed by atoms with Crippen molar-refractivity contribution in [1.29, 1.82) is 0 Å². The summed E-state index contributed by atoms with van der Waals surface area (Å²) < 4.78 is 0. The number of fused-ring (bicyclic) bond motifs is 2. The van der Waals surface area contributed by atoms with E-state index in [-0.39, 0.29) is 0 Å². The van der Waals surface area contributed by atoms with Crippen molar-refractivity contribution in [3.05, 3.63) is 206 Å². The van der Waals surface area contributed by atoms with Crippen LogP contribution >= 0.6 is 0 Å². The van der Waals surface area contributed by atoms with Gasteiger partial charge in [0.25, 0.3) is 0 Å². The maximum atomic E-state index is 5.36. The predicted molar refractivity (Wildman–Crippen MR) is 245 cm³/mol. The fourth-order valence-corrected chi connectivity index (χ4v) is 9.32. The summed E-state index contributed by atoms with van der Waals surface area (Å²) in [6.07, 6.45) is 0. The van der Waals surface area contributed by atoms with Gasteiger partial charge in [0, 0.05) is 16.7 Å². The van der Waals surface area contributed by atoms with Crippen LogP contribution < -0.4 is 0 Å². The maximum absolute atomic E-state index is 5.36. The first-order valence-corrected chi connectivity index (χ1v) is 19.9. The zero-order valence-corrected chi connectivity index (χ0v) is 31.5. The van der Waals surface area contributed by atoms with Crippen molar-refractivity contribution in [3.63, 3.8) is 0 Å². The molecule has 0 atom stereocenters. The lowest BCUT2D eigenvalue weighted by molar-refractivity contribution is 1.18. The molecule has 268 valence electrons. The van der Waals surface area contributed by atoms with Crippen molar-refractivity contribution in [2.45, 2.75) is 0 Å². The molecule has 0 spiro atoms. The lowest BCUT2D eigenvalue weighted by Gasteiger charge is -2.17. The average Bonchev–Trinajstić information content (AvgIpc) is 3.30. The van der Waals surface area contributed by atoms with Crippen molar-refractivity contribution in [3.8, 4) is 56.2 Å². The van der Waals surface area contributed by atoms with Crippen molar-refractivity contribution in [2.75, 3.05) is 0 Å². The maximum Gasteiger partial charge on any atom is 0.160 e. The molecule has 2 heteroatoms. The summed E-state index contributed by atoms with van der Waals surface area (Å²) in [7, 11) is 0. The van der Waals surface area contributed by atoms with E-state index in [1.165, 1.54) is 86.9 Å².